The number of rotatable bonds is 9. The van der Waals surface area contributed by atoms with Crippen molar-refractivity contribution >= 4 is 10.0 Å². The Morgan fingerprint density at radius 2 is 2.15 bits per heavy atom. The fourth-order valence-electron chi connectivity index (χ4n) is 1.87. The summed E-state index contributed by atoms with van der Waals surface area (Å²) in [5.41, 5.74) is 5.99. The number of aromatic amines is 1. The molecule has 0 bridgehead atoms. The van der Waals surface area contributed by atoms with E-state index in [0.29, 0.717) is 12.2 Å². The minimum Gasteiger partial charge on any atom is -0.383 e. The molecule has 0 aromatic carbocycles. The number of nitrogens with zero attached hydrogens (tertiary/aromatic N) is 2. The average Bonchev–Trinajstić information content (AvgIpc) is 2.88. The Bertz CT molecular complexity index is 502. The van der Waals surface area contributed by atoms with E-state index in [9.17, 15) is 8.42 Å². The average molecular weight is 306 g/mol. The number of nitrogens with two attached hydrogens (primary N) is 1. The van der Waals surface area contributed by atoms with Gasteiger partial charge in [0.15, 0.2) is 5.03 Å². The normalized spacial score (nSPS) is 13.8. The summed E-state index contributed by atoms with van der Waals surface area (Å²) in [4.78, 5) is 0. The summed E-state index contributed by atoms with van der Waals surface area (Å²) in [6, 6.07) is -0.325. The van der Waals surface area contributed by atoms with Gasteiger partial charge in [-0.2, -0.15) is 9.40 Å². The lowest BCUT2D eigenvalue weighted by Gasteiger charge is -2.27. The van der Waals surface area contributed by atoms with E-state index in [0.717, 1.165) is 0 Å². The molecule has 0 aliphatic carbocycles. The van der Waals surface area contributed by atoms with Gasteiger partial charge in [0.1, 0.15) is 0 Å². The molecule has 0 radical (unpaired) electrons. The third kappa shape index (κ3) is 3.76. The molecule has 0 aliphatic rings. The Kier molecular flexibility index (Phi) is 6.56. The van der Waals surface area contributed by atoms with Crippen LogP contribution < -0.4 is 5.73 Å². The molecule has 9 heteroatoms. The van der Waals surface area contributed by atoms with Crippen LogP contribution in [0.3, 0.4) is 0 Å². The van der Waals surface area contributed by atoms with Crippen LogP contribution in [-0.4, -0.2) is 62.9 Å². The van der Waals surface area contributed by atoms with Gasteiger partial charge < -0.3 is 15.2 Å². The van der Waals surface area contributed by atoms with Crippen LogP contribution in [0.5, 0.6) is 0 Å². The lowest BCUT2D eigenvalue weighted by atomic mass is 10.3. The number of nitrogens with one attached hydrogen (secondary N) is 1. The van der Waals surface area contributed by atoms with Gasteiger partial charge in [-0.05, 0) is 6.92 Å². The van der Waals surface area contributed by atoms with E-state index in [-0.39, 0.29) is 30.8 Å². The van der Waals surface area contributed by atoms with Crippen molar-refractivity contribution in [2.45, 2.75) is 24.5 Å². The second-order valence-corrected chi connectivity index (χ2v) is 6.17. The molecule has 1 heterocycles. The molecule has 1 aromatic heterocycles. The van der Waals surface area contributed by atoms with Gasteiger partial charge in [-0.25, -0.2) is 8.42 Å². The summed E-state index contributed by atoms with van der Waals surface area (Å²) >= 11 is 0. The zero-order chi connectivity index (χ0) is 15.2. The SMILES string of the molecule is COCCN(C(C)COC)S(=O)(=O)c1[nH]ncc1CN. The Morgan fingerprint density at radius 1 is 1.45 bits per heavy atom. The van der Waals surface area contributed by atoms with Crippen LogP contribution >= 0.6 is 0 Å². The first kappa shape index (κ1) is 17.1. The van der Waals surface area contributed by atoms with Crippen molar-refractivity contribution in [2.75, 3.05) is 34.0 Å². The van der Waals surface area contributed by atoms with Crippen molar-refractivity contribution < 1.29 is 17.9 Å². The summed E-state index contributed by atoms with van der Waals surface area (Å²) in [6.07, 6.45) is 1.42. The van der Waals surface area contributed by atoms with Crippen LogP contribution in [0.2, 0.25) is 0 Å². The Balaban J connectivity index is 3.10. The fraction of sp³-hybridized carbons (Fsp3) is 0.727. The first-order valence-electron chi connectivity index (χ1n) is 6.21. The van der Waals surface area contributed by atoms with E-state index in [1.54, 1.807) is 6.92 Å². The van der Waals surface area contributed by atoms with Gasteiger partial charge in [0.05, 0.1) is 19.4 Å². The molecule has 0 amide bonds. The van der Waals surface area contributed by atoms with Gasteiger partial charge in [0.25, 0.3) is 10.0 Å². The maximum absolute atomic E-state index is 12.7. The highest BCUT2D eigenvalue weighted by molar-refractivity contribution is 7.89. The standard InChI is InChI=1S/C11H22N4O4S/c1-9(8-19-3)15(4-5-18-2)20(16,17)11-10(6-12)7-13-14-11/h7,9H,4-6,8,12H2,1-3H3,(H,13,14). The molecule has 0 fully saturated rings. The molecule has 0 spiro atoms. The lowest BCUT2D eigenvalue weighted by Crippen LogP contribution is -2.43. The van der Waals surface area contributed by atoms with Crippen LogP contribution in [0, 0.1) is 0 Å². The largest absolute Gasteiger partial charge is 0.383 e. The highest BCUT2D eigenvalue weighted by atomic mass is 32.2. The minimum absolute atomic E-state index is 0.0269. The number of H-pyrrole nitrogens is 1. The number of sulfonamides is 1. The van der Waals surface area contributed by atoms with E-state index in [4.69, 9.17) is 15.2 Å². The number of ether oxygens (including phenoxy) is 2. The van der Waals surface area contributed by atoms with Crippen LogP contribution in [0.4, 0.5) is 0 Å². The highest BCUT2D eigenvalue weighted by Gasteiger charge is 2.31. The first-order valence-corrected chi connectivity index (χ1v) is 7.65. The summed E-state index contributed by atoms with van der Waals surface area (Å²) in [7, 11) is -0.671. The summed E-state index contributed by atoms with van der Waals surface area (Å²) < 4.78 is 36.7. The van der Waals surface area contributed by atoms with E-state index < -0.39 is 10.0 Å². The maximum Gasteiger partial charge on any atom is 0.260 e. The van der Waals surface area contributed by atoms with Gasteiger partial charge >= 0.3 is 0 Å². The molecule has 0 saturated carbocycles. The number of hydrogen-bond donors (Lipinski definition) is 2. The minimum atomic E-state index is -3.72. The van der Waals surface area contributed by atoms with Crippen molar-refractivity contribution in [3.05, 3.63) is 11.8 Å². The van der Waals surface area contributed by atoms with Crippen molar-refractivity contribution in [1.82, 2.24) is 14.5 Å². The Labute approximate surface area is 119 Å². The summed E-state index contributed by atoms with van der Waals surface area (Å²) in [6.45, 7) is 2.68. The molecule has 1 atom stereocenters. The fourth-order valence-corrected chi connectivity index (χ4v) is 3.59. The van der Waals surface area contributed by atoms with Gasteiger partial charge in [-0.3, -0.25) is 5.10 Å². The molecule has 1 aromatic rings. The quantitative estimate of drug-likeness (QED) is 0.639. The molecular formula is C11H22N4O4S. The maximum atomic E-state index is 12.7. The van der Waals surface area contributed by atoms with Crippen molar-refractivity contribution in [3.63, 3.8) is 0 Å². The summed E-state index contributed by atoms with van der Waals surface area (Å²) in [5, 5.41) is 6.29. The number of methoxy groups -OCH3 is 2. The van der Waals surface area contributed by atoms with E-state index in [1.165, 1.54) is 24.7 Å². The summed E-state index contributed by atoms with van der Waals surface area (Å²) in [5.74, 6) is 0. The van der Waals surface area contributed by atoms with E-state index in [2.05, 4.69) is 10.2 Å². The van der Waals surface area contributed by atoms with Gasteiger partial charge in [0.2, 0.25) is 0 Å². The number of hydrogen-bond acceptors (Lipinski definition) is 6. The van der Waals surface area contributed by atoms with Crippen LogP contribution in [0.25, 0.3) is 0 Å². The molecule has 20 heavy (non-hydrogen) atoms. The molecular weight excluding hydrogens is 284 g/mol. The monoisotopic (exact) mass is 306 g/mol. The zero-order valence-electron chi connectivity index (χ0n) is 12.0. The third-order valence-corrected chi connectivity index (χ3v) is 4.91. The topological polar surface area (TPSA) is 111 Å². The highest BCUT2D eigenvalue weighted by Crippen LogP contribution is 2.19. The third-order valence-electron chi connectivity index (χ3n) is 2.88. The van der Waals surface area contributed by atoms with Crippen LogP contribution in [-0.2, 0) is 26.0 Å². The van der Waals surface area contributed by atoms with Gasteiger partial charge in [-0.15, -0.1) is 0 Å². The molecule has 0 saturated heterocycles. The molecule has 1 unspecified atom stereocenters. The second kappa shape index (κ2) is 7.70. The first-order chi connectivity index (χ1) is 9.48. The van der Waals surface area contributed by atoms with Crippen molar-refractivity contribution in [2.24, 2.45) is 5.73 Å². The molecule has 0 aliphatic heterocycles. The number of aromatic nitrogens is 2. The van der Waals surface area contributed by atoms with Crippen LogP contribution in [0.1, 0.15) is 12.5 Å². The van der Waals surface area contributed by atoms with E-state index in [1.807, 2.05) is 0 Å². The van der Waals surface area contributed by atoms with Crippen LogP contribution in [0.15, 0.2) is 11.2 Å². The molecule has 8 nitrogen and oxygen atoms in total. The van der Waals surface area contributed by atoms with Crippen molar-refractivity contribution in [1.29, 1.82) is 0 Å². The van der Waals surface area contributed by atoms with Gasteiger partial charge in [-0.1, -0.05) is 0 Å². The Morgan fingerprint density at radius 3 is 2.70 bits per heavy atom. The smallest absolute Gasteiger partial charge is 0.260 e. The Hall–Kier alpha value is -1.00. The molecule has 3 N–H and O–H groups in total. The zero-order valence-corrected chi connectivity index (χ0v) is 12.8. The van der Waals surface area contributed by atoms with E-state index >= 15 is 0 Å². The lowest BCUT2D eigenvalue weighted by molar-refractivity contribution is 0.118. The molecule has 1 rings (SSSR count). The second-order valence-electron chi connectivity index (χ2n) is 4.34. The molecule has 116 valence electrons. The predicted molar refractivity (Wildman–Crippen MR) is 73.6 cm³/mol. The van der Waals surface area contributed by atoms with Crippen molar-refractivity contribution in [3.8, 4) is 0 Å². The predicted octanol–water partition coefficient (Wildman–Crippen LogP) is -0.460. The van der Waals surface area contributed by atoms with Gasteiger partial charge in [0, 0.05) is 38.9 Å².